The van der Waals surface area contributed by atoms with Crippen molar-refractivity contribution in [3.63, 3.8) is 0 Å². The van der Waals surface area contributed by atoms with Gasteiger partial charge in [-0.15, -0.1) is 0 Å². The summed E-state index contributed by atoms with van der Waals surface area (Å²) < 4.78 is 2.24. The van der Waals surface area contributed by atoms with Crippen molar-refractivity contribution in [2.24, 2.45) is 0 Å². The molecule has 2 aliphatic heterocycles. The van der Waals surface area contributed by atoms with E-state index in [0.717, 1.165) is 33.4 Å². The highest BCUT2D eigenvalue weighted by atomic mass is 16.2. The van der Waals surface area contributed by atoms with Crippen LogP contribution in [0.3, 0.4) is 0 Å². The third-order valence-electron chi connectivity index (χ3n) is 5.84. The van der Waals surface area contributed by atoms with Crippen LogP contribution < -0.4 is 5.32 Å². The number of aromatic nitrogens is 2. The molecule has 0 saturated heterocycles. The van der Waals surface area contributed by atoms with Crippen LogP contribution in [0.25, 0.3) is 10.9 Å². The normalized spacial score (nSPS) is 18.3. The third-order valence-corrected chi connectivity index (χ3v) is 5.84. The minimum absolute atomic E-state index is 0.230. The Balaban J connectivity index is 1.83. The lowest BCUT2D eigenvalue weighted by Gasteiger charge is -2.19. The van der Waals surface area contributed by atoms with Crippen LogP contribution in [-0.2, 0) is 9.59 Å². The summed E-state index contributed by atoms with van der Waals surface area (Å²) in [7, 11) is 0. The number of imide groups is 1. The minimum atomic E-state index is -0.283. The second kappa shape index (κ2) is 6.30. The van der Waals surface area contributed by atoms with Crippen molar-refractivity contribution in [3.05, 3.63) is 71.3 Å². The standard InChI is InChI=1S/C23H22N4O2/c1-13(2)26-11-16-20(15-6-5-9-24-10-15)22-18(12-27(14(3)28)23(22)29)25-17-7-4-8-19(26)21(16)17/h4-11,13,20,25H,12H2,1-3H3/t20-/m1/s1. The average Bonchev–Trinajstić information content (AvgIpc) is 3.19. The van der Waals surface area contributed by atoms with Crippen LogP contribution in [0.15, 0.2) is 60.2 Å². The van der Waals surface area contributed by atoms with E-state index < -0.39 is 0 Å². The number of nitrogens with one attached hydrogen (secondary N) is 1. The molecule has 2 aromatic heterocycles. The Hall–Kier alpha value is -3.41. The smallest absolute Gasteiger partial charge is 0.259 e. The second-order valence-corrected chi connectivity index (χ2v) is 7.93. The molecule has 146 valence electrons. The molecule has 0 radical (unpaired) electrons. The Morgan fingerprint density at radius 1 is 1.24 bits per heavy atom. The molecule has 1 aromatic carbocycles. The van der Waals surface area contributed by atoms with Gasteiger partial charge in [0.05, 0.1) is 17.6 Å². The summed E-state index contributed by atoms with van der Waals surface area (Å²) in [4.78, 5) is 31.0. The average molecular weight is 386 g/mol. The lowest BCUT2D eigenvalue weighted by Crippen LogP contribution is -2.33. The van der Waals surface area contributed by atoms with E-state index in [1.54, 1.807) is 6.20 Å². The summed E-state index contributed by atoms with van der Waals surface area (Å²) in [5, 5.41) is 4.60. The van der Waals surface area contributed by atoms with Crippen LogP contribution in [0.4, 0.5) is 5.69 Å². The van der Waals surface area contributed by atoms with Crippen LogP contribution in [0.2, 0.25) is 0 Å². The van der Waals surface area contributed by atoms with Crippen LogP contribution >= 0.6 is 0 Å². The highest BCUT2D eigenvalue weighted by Gasteiger charge is 2.41. The van der Waals surface area contributed by atoms with E-state index in [-0.39, 0.29) is 30.3 Å². The predicted molar refractivity (Wildman–Crippen MR) is 111 cm³/mol. The molecule has 3 aromatic rings. The molecule has 0 saturated carbocycles. The Bertz CT molecular complexity index is 1190. The molecular weight excluding hydrogens is 364 g/mol. The zero-order chi connectivity index (χ0) is 20.3. The van der Waals surface area contributed by atoms with Crippen molar-refractivity contribution < 1.29 is 9.59 Å². The number of nitrogens with zero attached hydrogens (tertiary/aromatic N) is 3. The van der Waals surface area contributed by atoms with E-state index in [0.29, 0.717) is 5.57 Å². The number of hydrogen-bond donors (Lipinski definition) is 1. The van der Waals surface area contributed by atoms with E-state index in [9.17, 15) is 9.59 Å². The van der Waals surface area contributed by atoms with Crippen LogP contribution in [0.5, 0.6) is 0 Å². The summed E-state index contributed by atoms with van der Waals surface area (Å²) in [5.41, 5.74) is 5.53. The van der Waals surface area contributed by atoms with Gasteiger partial charge in [0.2, 0.25) is 5.91 Å². The van der Waals surface area contributed by atoms with Crippen molar-refractivity contribution in [1.29, 1.82) is 0 Å². The topological polar surface area (TPSA) is 67.2 Å². The third kappa shape index (κ3) is 2.52. The van der Waals surface area contributed by atoms with E-state index in [4.69, 9.17) is 0 Å². The molecule has 6 heteroatoms. The first-order valence-corrected chi connectivity index (χ1v) is 9.83. The molecule has 29 heavy (non-hydrogen) atoms. The van der Waals surface area contributed by atoms with Crippen LogP contribution in [-0.4, -0.2) is 32.8 Å². The predicted octanol–water partition coefficient (Wildman–Crippen LogP) is 3.82. The van der Waals surface area contributed by atoms with Gasteiger partial charge in [0.1, 0.15) is 0 Å². The highest BCUT2D eigenvalue weighted by Crippen LogP contribution is 2.46. The summed E-state index contributed by atoms with van der Waals surface area (Å²) in [6.07, 6.45) is 5.69. The number of rotatable bonds is 2. The highest BCUT2D eigenvalue weighted by molar-refractivity contribution is 6.11. The van der Waals surface area contributed by atoms with Gasteiger partial charge >= 0.3 is 0 Å². The first-order chi connectivity index (χ1) is 14.0. The fraction of sp³-hybridized carbons (Fsp3) is 0.261. The van der Waals surface area contributed by atoms with Gasteiger partial charge in [0.25, 0.3) is 5.91 Å². The maximum Gasteiger partial charge on any atom is 0.259 e. The zero-order valence-corrected chi connectivity index (χ0v) is 16.6. The van der Waals surface area contributed by atoms with Crippen molar-refractivity contribution in [2.75, 3.05) is 11.9 Å². The first-order valence-electron chi connectivity index (χ1n) is 9.83. The van der Waals surface area contributed by atoms with E-state index >= 15 is 0 Å². The fourth-order valence-corrected chi connectivity index (χ4v) is 4.55. The molecule has 0 spiro atoms. The molecule has 2 amide bonds. The quantitative estimate of drug-likeness (QED) is 0.727. The lowest BCUT2D eigenvalue weighted by molar-refractivity contribution is -0.139. The molecule has 2 aliphatic rings. The van der Waals surface area contributed by atoms with Crippen molar-refractivity contribution in [1.82, 2.24) is 14.5 Å². The SMILES string of the molecule is CC(=O)N1CC2=C(C1=O)[C@H](c1cccnc1)c1cn(C(C)C)c3cccc(c13)N2. The lowest BCUT2D eigenvalue weighted by atomic mass is 9.85. The number of benzene rings is 1. The van der Waals surface area contributed by atoms with E-state index in [2.05, 4.69) is 41.0 Å². The van der Waals surface area contributed by atoms with E-state index in [1.807, 2.05) is 30.5 Å². The van der Waals surface area contributed by atoms with Gasteiger partial charge in [-0.05, 0) is 43.2 Å². The van der Waals surface area contributed by atoms with Crippen molar-refractivity contribution in [3.8, 4) is 0 Å². The van der Waals surface area contributed by atoms with Gasteiger partial charge in [-0.2, -0.15) is 0 Å². The van der Waals surface area contributed by atoms with Gasteiger partial charge in [-0.25, -0.2) is 0 Å². The minimum Gasteiger partial charge on any atom is -0.356 e. The Kier molecular flexibility index (Phi) is 3.84. The first kappa shape index (κ1) is 17.7. The fourth-order valence-electron chi connectivity index (χ4n) is 4.55. The Morgan fingerprint density at radius 3 is 2.76 bits per heavy atom. The molecule has 0 bridgehead atoms. The van der Waals surface area contributed by atoms with Gasteiger partial charge < -0.3 is 9.88 Å². The monoisotopic (exact) mass is 386 g/mol. The molecule has 5 rings (SSSR count). The van der Waals surface area contributed by atoms with E-state index in [1.165, 1.54) is 11.8 Å². The molecule has 1 atom stereocenters. The number of hydrogen-bond acceptors (Lipinski definition) is 4. The summed E-state index contributed by atoms with van der Waals surface area (Å²) in [6.45, 7) is 6.00. The van der Waals surface area contributed by atoms with Crippen molar-refractivity contribution in [2.45, 2.75) is 32.7 Å². The van der Waals surface area contributed by atoms with Gasteiger partial charge in [-0.3, -0.25) is 19.5 Å². The second-order valence-electron chi connectivity index (χ2n) is 7.93. The molecule has 0 fully saturated rings. The van der Waals surface area contributed by atoms with Gasteiger partial charge in [0, 0.05) is 54.2 Å². The maximum absolute atomic E-state index is 13.3. The summed E-state index contributed by atoms with van der Waals surface area (Å²) >= 11 is 0. The van der Waals surface area contributed by atoms with Crippen molar-refractivity contribution >= 4 is 28.4 Å². The van der Waals surface area contributed by atoms with Gasteiger partial charge in [-0.1, -0.05) is 12.1 Å². The number of pyridine rings is 1. The van der Waals surface area contributed by atoms with Crippen LogP contribution in [0.1, 0.15) is 43.9 Å². The largest absolute Gasteiger partial charge is 0.356 e. The van der Waals surface area contributed by atoms with Gasteiger partial charge in [0.15, 0.2) is 0 Å². The maximum atomic E-state index is 13.3. The molecule has 0 aliphatic carbocycles. The molecule has 4 heterocycles. The number of carbonyl (C=O) groups excluding carboxylic acids is 2. The molecule has 0 unspecified atom stereocenters. The Morgan fingerprint density at radius 2 is 2.07 bits per heavy atom. The van der Waals surface area contributed by atoms with Crippen LogP contribution in [0, 0.1) is 0 Å². The number of anilines is 1. The Labute approximate surface area is 168 Å². The zero-order valence-electron chi connectivity index (χ0n) is 16.6. The summed E-state index contributed by atoms with van der Waals surface area (Å²) in [6, 6.07) is 10.3. The molecule has 6 nitrogen and oxygen atoms in total. The molecule has 1 N–H and O–H groups in total. The number of carbonyl (C=O) groups is 2. The molecular formula is C23H22N4O2. The number of amides is 2. The summed E-state index contributed by atoms with van der Waals surface area (Å²) in [5.74, 6) is -0.755.